The number of halogens is 1. The van der Waals surface area contributed by atoms with Crippen molar-refractivity contribution in [2.45, 2.75) is 45.6 Å². The van der Waals surface area contributed by atoms with Gasteiger partial charge in [-0.1, -0.05) is 18.5 Å². The van der Waals surface area contributed by atoms with E-state index in [1.807, 2.05) is 6.92 Å². The lowest BCUT2D eigenvalue weighted by Crippen LogP contribution is -2.37. The smallest absolute Gasteiger partial charge is 0.251 e. The Morgan fingerprint density at radius 1 is 1.32 bits per heavy atom. The molecule has 1 fully saturated rings. The minimum Gasteiger partial charge on any atom is -0.493 e. The maximum absolute atomic E-state index is 12.4. The predicted octanol–water partition coefficient (Wildman–Crippen LogP) is 4.06. The second kappa shape index (κ2) is 7.73. The molecule has 1 N–H and O–H groups in total. The van der Waals surface area contributed by atoms with Crippen LogP contribution in [0.5, 0.6) is 11.5 Å². The highest BCUT2D eigenvalue weighted by Gasteiger charge is 2.22. The summed E-state index contributed by atoms with van der Waals surface area (Å²) in [5.41, 5.74) is 0.504. The van der Waals surface area contributed by atoms with Crippen LogP contribution in [0.3, 0.4) is 0 Å². The molecule has 22 heavy (non-hydrogen) atoms. The Morgan fingerprint density at radius 3 is 2.59 bits per heavy atom. The van der Waals surface area contributed by atoms with E-state index in [0.29, 0.717) is 28.7 Å². The van der Waals surface area contributed by atoms with Gasteiger partial charge in [-0.15, -0.1) is 0 Å². The van der Waals surface area contributed by atoms with Crippen LogP contribution in [0.15, 0.2) is 12.1 Å². The van der Waals surface area contributed by atoms with Crippen molar-refractivity contribution in [1.82, 2.24) is 5.32 Å². The number of carbonyl (C=O) groups excluding carboxylic acids is 1. The fraction of sp³-hybridized carbons (Fsp3) is 0.588. The van der Waals surface area contributed by atoms with Crippen LogP contribution in [-0.4, -0.2) is 25.7 Å². The van der Waals surface area contributed by atoms with E-state index in [9.17, 15) is 4.79 Å². The molecule has 1 aliphatic rings. The molecule has 0 atom stereocenters. The van der Waals surface area contributed by atoms with Gasteiger partial charge in [-0.3, -0.25) is 4.79 Å². The molecule has 0 spiro atoms. The number of hydrogen-bond acceptors (Lipinski definition) is 3. The van der Waals surface area contributed by atoms with Crippen LogP contribution in [0.4, 0.5) is 0 Å². The Hall–Kier alpha value is -1.42. The molecule has 0 radical (unpaired) electrons. The van der Waals surface area contributed by atoms with E-state index in [1.165, 1.54) is 0 Å². The Bertz CT molecular complexity index is 525. The third kappa shape index (κ3) is 4.07. The molecular formula is C17H24ClNO3. The predicted molar refractivity (Wildman–Crippen MR) is 88.1 cm³/mol. The molecule has 0 saturated heterocycles. The Labute approximate surface area is 137 Å². The number of methoxy groups -OCH3 is 1. The van der Waals surface area contributed by atoms with Crippen molar-refractivity contribution in [3.8, 4) is 11.5 Å². The molecule has 0 heterocycles. The fourth-order valence-corrected chi connectivity index (χ4v) is 3.07. The highest BCUT2D eigenvalue weighted by molar-refractivity contribution is 6.32. The first-order chi connectivity index (χ1) is 10.5. The largest absolute Gasteiger partial charge is 0.493 e. The average Bonchev–Trinajstić information content (AvgIpc) is 2.51. The van der Waals surface area contributed by atoms with Crippen molar-refractivity contribution in [3.05, 3.63) is 22.7 Å². The van der Waals surface area contributed by atoms with Gasteiger partial charge in [-0.25, -0.2) is 0 Å². The normalized spacial score (nSPS) is 21.3. The zero-order chi connectivity index (χ0) is 16.1. The summed E-state index contributed by atoms with van der Waals surface area (Å²) < 4.78 is 10.8. The van der Waals surface area contributed by atoms with Crippen LogP contribution in [0.1, 0.15) is 49.9 Å². The second-order valence-corrected chi connectivity index (χ2v) is 6.26. The Kier molecular flexibility index (Phi) is 5.95. The third-order valence-corrected chi connectivity index (χ3v) is 4.41. The second-order valence-electron chi connectivity index (χ2n) is 5.85. The molecule has 4 nitrogen and oxygen atoms in total. The molecule has 0 aliphatic heterocycles. The van der Waals surface area contributed by atoms with Crippen molar-refractivity contribution in [3.63, 3.8) is 0 Å². The molecule has 122 valence electrons. The van der Waals surface area contributed by atoms with Gasteiger partial charge in [0.05, 0.1) is 18.7 Å². The third-order valence-electron chi connectivity index (χ3n) is 4.13. The van der Waals surface area contributed by atoms with Gasteiger partial charge < -0.3 is 14.8 Å². The molecule has 1 aromatic rings. The molecule has 1 saturated carbocycles. The van der Waals surface area contributed by atoms with E-state index in [1.54, 1.807) is 19.2 Å². The quantitative estimate of drug-likeness (QED) is 0.888. The van der Waals surface area contributed by atoms with Gasteiger partial charge in [0, 0.05) is 11.6 Å². The van der Waals surface area contributed by atoms with Crippen LogP contribution in [0, 0.1) is 5.92 Å². The number of carbonyl (C=O) groups is 1. The first-order valence-electron chi connectivity index (χ1n) is 7.86. The number of benzene rings is 1. The first-order valence-corrected chi connectivity index (χ1v) is 8.24. The lowest BCUT2D eigenvalue weighted by molar-refractivity contribution is 0.0922. The first kappa shape index (κ1) is 16.9. The average molecular weight is 326 g/mol. The Morgan fingerprint density at radius 2 is 2.00 bits per heavy atom. The maximum Gasteiger partial charge on any atom is 0.251 e. The molecule has 0 unspecified atom stereocenters. The fourth-order valence-electron chi connectivity index (χ4n) is 2.81. The van der Waals surface area contributed by atoms with Gasteiger partial charge in [0.25, 0.3) is 5.91 Å². The topological polar surface area (TPSA) is 47.6 Å². The zero-order valence-corrected chi connectivity index (χ0v) is 14.2. The van der Waals surface area contributed by atoms with Crippen molar-refractivity contribution in [2.24, 2.45) is 5.92 Å². The van der Waals surface area contributed by atoms with Crippen molar-refractivity contribution < 1.29 is 14.3 Å². The minimum atomic E-state index is -0.109. The van der Waals surface area contributed by atoms with Gasteiger partial charge in [0.1, 0.15) is 0 Å². The number of ether oxygens (including phenoxy) is 2. The molecular weight excluding hydrogens is 302 g/mol. The number of nitrogens with one attached hydrogen (secondary N) is 1. The lowest BCUT2D eigenvalue weighted by Gasteiger charge is -2.27. The molecule has 5 heteroatoms. The van der Waals surface area contributed by atoms with E-state index in [-0.39, 0.29) is 11.9 Å². The van der Waals surface area contributed by atoms with Gasteiger partial charge in [0.2, 0.25) is 0 Å². The van der Waals surface area contributed by atoms with Crippen LogP contribution in [-0.2, 0) is 0 Å². The summed E-state index contributed by atoms with van der Waals surface area (Å²) in [6.07, 6.45) is 4.40. The standard InChI is InChI=1S/C17H24ClNO3/c1-4-22-16-14(18)9-12(10-15(16)21-3)17(20)19-13-7-5-11(2)6-8-13/h9-11,13H,4-8H2,1-3H3,(H,19,20). The minimum absolute atomic E-state index is 0.109. The zero-order valence-electron chi connectivity index (χ0n) is 13.4. The number of hydrogen-bond donors (Lipinski definition) is 1. The molecule has 2 rings (SSSR count). The Balaban J connectivity index is 2.11. The molecule has 1 aliphatic carbocycles. The summed E-state index contributed by atoms with van der Waals surface area (Å²) >= 11 is 6.21. The monoisotopic (exact) mass is 325 g/mol. The van der Waals surface area contributed by atoms with Crippen molar-refractivity contribution >= 4 is 17.5 Å². The van der Waals surface area contributed by atoms with E-state index in [2.05, 4.69) is 12.2 Å². The van der Waals surface area contributed by atoms with E-state index in [4.69, 9.17) is 21.1 Å². The summed E-state index contributed by atoms with van der Waals surface area (Å²) in [5.74, 6) is 1.61. The summed E-state index contributed by atoms with van der Waals surface area (Å²) in [6.45, 7) is 4.62. The summed E-state index contributed by atoms with van der Waals surface area (Å²) in [5, 5.41) is 3.48. The van der Waals surface area contributed by atoms with Gasteiger partial charge >= 0.3 is 0 Å². The number of amides is 1. The lowest BCUT2D eigenvalue weighted by atomic mass is 9.87. The van der Waals surface area contributed by atoms with Gasteiger partial charge in [-0.2, -0.15) is 0 Å². The molecule has 0 aromatic heterocycles. The van der Waals surface area contributed by atoms with Crippen LogP contribution in [0.2, 0.25) is 5.02 Å². The molecule has 1 aromatic carbocycles. The van der Waals surface area contributed by atoms with Gasteiger partial charge in [0.15, 0.2) is 11.5 Å². The van der Waals surface area contributed by atoms with Crippen LogP contribution >= 0.6 is 11.6 Å². The van der Waals surface area contributed by atoms with Crippen molar-refractivity contribution in [1.29, 1.82) is 0 Å². The van der Waals surface area contributed by atoms with E-state index < -0.39 is 0 Å². The van der Waals surface area contributed by atoms with Crippen molar-refractivity contribution in [2.75, 3.05) is 13.7 Å². The maximum atomic E-state index is 12.4. The van der Waals surface area contributed by atoms with E-state index >= 15 is 0 Å². The van der Waals surface area contributed by atoms with Crippen LogP contribution < -0.4 is 14.8 Å². The highest BCUT2D eigenvalue weighted by Crippen LogP contribution is 2.36. The van der Waals surface area contributed by atoms with Crippen LogP contribution in [0.25, 0.3) is 0 Å². The highest BCUT2D eigenvalue weighted by atomic mass is 35.5. The summed E-state index contributed by atoms with van der Waals surface area (Å²) in [4.78, 5) is 12.4. The number of rotatable bonds is 5. The molecule has 1 amide bonds. The van der Waals surface area contributed by atoms with Gasteiger partial charge in [-0.05, 0) is 50.7 Å². The molecule has 0 bridgehead atoms. The summed E-state index contributed by atoms with van der Waals surface area (Å²) in [7, 11) is 1.54. The van der Waals surface area contributed by atoms with E-state index in [0.717, 1.165) is 31.6 Å². The SMILES string of the molecule is CCOc1c(Cl)cc(C(=O)NC2CCC(C)CC2)cc1OC. The summed E-state index contributed by atoms with van der Waals surface area (Å²) in [6, 6.07) is 3.56.